The minimum Gasteiger partial charge on any atom is -0.388 e. The van der Waals surface area contributed by atoms with Crippen molar-refractivity contribution < 1.29 is 5.11 Å². The molecule has 0 radical (unpaired) electrons. The molecule has 1 heterocycles. The molecule has 0 saturated heterocycles. The smallest absolute Gasteiger partial charge is 0.239 e. The van der Waals surface area contributed by atoms with Crippen molar-refractivity contribution >= 4 is 11.8 Å². The predicted octanol–water partition coefficient (Wildman–Crippen LogP) is 1.12. The molecule has 1 saturated carbocycles. The summed E-state index contributed by atoms with van der Waals surface area (Å²) in [5.74, 6) is 6.87. The number of nitrogens with one attached hydrogen (secondary N) is 2. The summed E-state index contributed by atoms with van der Waals surface area (Å²) in [5.41, 5.74) is 1.77. The number of rotatable bonds is 4. The molecule has 2 unspecified atom stereocenters. The lowest BCUT2D eigenvalue weighted by molar-refractivity contribution is -0.000826. The van der Waals surface area contributed by atoms with Crippen molar-refractivity contribution in [2.45, 2.75) is 38.2 Å². The second-order valence-electron chi connectivity index (χ2n) is 5.19. The molecule has 2 atom stereocenters. The second-order valence-corrected chi connectivity index (χ2v) is 5.19. The van der Waals surface area contributed by atoms with E-state index in [-0.39, 0.29) is 0 Å². The highest BCUT2D eigenvalue weighted by atomic mass is 16.3. The number of anilines is 2. The number of nitrogen functional groups attached to an aromatic ring is 1. The van der Waals surface area contributed by atoms with E-state index in [2.05, 4.69) is 27.6 Å². The van der Waals surface area contributed by atoms with Gasteiger partial charge in [0.05, 0.1) is 5.60 Å². The Hall–Kier alpha value is -1.40. The SMILES string of the molecule is CC1CCCC(O)(CNc2ccnc(NN)n2)C1. The van der Waals surface area contributed by atoms with E-state index in [1.54, 1.807) is 12.3 Å². The Kier molecular flexibility index (Phi) is 3.98. The minimum atomic E-state index is -0.626. The Morgan fingerprint density at radius 3 is 3.17 bits per heavy atom. The average Bonchev–Trinajstić information content (AvgIpc) is 2.37. The summed E-state index contributed by atoms with van der Waals surface area (Å²) < 4.78 is 0. The third-order valence-electron chi connectivity index (χ3n) is 3.45. The summed E-state index contributed by atoms with van der Waals surface area (Å²) in [6.07, 6.45) is 5.60. The molecule has 0 aliphatic heterocycles. The van der Waals surface area contributed by atoms with Gasteiger partial charge in [-0.1, -0.05) is 19.8 Å². The van der Waals surface area contributed by atoms with Gasteiger partial charge in [0.15, 0.2) is 0 Å². The fourth-order valence-electron chi connectivity index (χ4n) is 2.57. The van der Waals surface area contributed by atoms with E-state index in [4.69, 9.17) is 5.84 Å². The van der Waals surface area contributed by atoms with E-state index in [0.29, 0.717) is 24.2 Å². The van der Waals surface area contributed by atoms with Gasteiger partial charge in [0, 0.05) is 12.7 Å². The molecule has 1 aliphatic carbocycles. The zero-order chi connectivity index (χ0) is 13.0. The van der Waals surface area contributed by atoms with Gasteiger partial charge in [-0.05, 0) is 24.8 Å². The predicted molar refractivity (Wildman–Crippen MR) is 70.9 cm³/mol. The van der Waals surface area contributed by atoms with Crippen molar-refractivity contribution in [3.63, 3.8) is 0 Å². The highest BCUT2D eigenvalue weighted by molar-refractivity contribution is 5.39. The van der Waals surface area contributed by atoms with Gasteiger partial charge in [-0.3, -0.25) is 5.43 Å². The summed E-state index contributed by atoms with van der Waals surface area (Å²) in [6, 6.07) is 1.76. The van der Waals surface area contributed by atoms with E-state index < -0.39 is 5.60 Å². The largest absolute Gasteiger partial charge is 0.388 e. The van der Waals surface area contributed by atoms with Crippen LogP contribution in [0.25, 0.3) is 0 Å². The van der Waals surface area contributed by atoms with Gasteiger partial charge < -0.3 is 10.4 Å². The summed E-state index contributed by atoms with van der Waals surface area (Å²) in [5, 5.41) is 13.6. The van der Waals surface area contributed by atoms with Crippen molar-refractivity contribution in [2.75, 3.05) is 17.3 Å². The van der Waals surface area contributed by atoms with Gasteiger partial charge in [0.1, 0.15) is 5.82 Å². The molecule has 5 N–H and O–H groups in total. The molecule has 6 heteroatoms. The molecule has 1 aromatic heterocycles. The summed E-state index contributed by atoms with van der Waals surface area (Å²) in [4.78, 5) is 8.09. The molecule has 2 rings (SSSR count). The Labute approximate surface area is 107 Å². The van der Waals surface area contributed by atoms with Crippen molar-refractivity contribution in [3.8, 4) is 0 Å². The first-order chi connectivity index (χ1) is 8.61. The van der Waals surface area contributed by atoms with Gasteiger partial charge >= 0.3 is 0 Å². The van der Waals surface area contributed by atoms with Crippen LogP contribution >= 0.6 is 0 Å². The molecule has 0 spiro atoms. The number of hydrogen-bond acceptors (Lipinski definition) is 6. The van der Waals surface area contributed by atoms with E-state index in [9.17, 15) is 5.11 Å². The highest BCUT2D eigenvalue weighted by Gasteiger charge is 2.32. The monoisotopic (exact) mass is 251 g/mol. The number of aromatic nitrogens is 2. The van der Waals surface area contributed by atoms with Crippen LogP contribution in [0.2, 0.25) is 0 Å². The third kappa shape index (κ3) is 3.30. The maximum absolute atomic E-state index is 10.5. The lowest BCUT2D eigenvalue weighted by atomic mass is 9.79. The van der Waals surface area contributed by atoms with Crippen molar-refractivity contribution in [1.82, 2.24) is 9.97 Å². The van der Waals surface area contributed by atoms with Crippen LogP contribution < -0.4 is 16.6 Å². The molecule has 18 heavy (non-hydrogen) atoms. The Morgan fingerprint density at radius 2 is 2.44 bits per heavy atom. The third-order valence-corrected chi connectivity index (χ3v) is 3.45. The zero-order valence-electron chi connectivity index (χ0n) is 10.7. The maximum atomic E-state index is 10.5. The van der Waals surface area contributed by atoms with E-state index in [1.807, 2.05) is 0 Å². The molecule has 0 aromatic carbocycles. The number of nitrogens with zero attached hydrogens (tertiary/aromatic N) is 2. The molecule has 1 aromatic rings. The van der Waals surface area contributed by atoms with Crippen LogP contribution in [0.3, 0.4) is 0 Å². The molecule has 1 aliphatic rings. The molecule has 6 nitrogen and oxygen atoms in total. The van der Waals surface area contributed by atoms with Crippen molar-refractivity contribution in [1.29, 1.82) is 0 Å². The Bertz CT molecular complexity index is 400. The van der Waals surface area contributed by atoms with Crippen LogP contribution in [0.1, 0.15) is 32.6 Å². The zero-order valence-corrected chi connectivity index (χ0v) is 10.7. The minimum absolute atomic E-state index is 0.365. The Balaban J connectivity index is 1.93. The number of hydrogen-bond donors (Lipinski definition) is 4. The normalized spacial score (nSPS) is 27.8. The van der Waals surface area contributed by atoms with Crippen LogP contribution in [0.15, 0.2) is 12.3 Å². The van der Waals surface area contributed by atoms with Crippen LogP contribution in [0, 0.1) is 5.92 Å². The molecule has 0 amide bonds. The quantitative estimate of drug-likeness (QED) is 0.473. The topological polar surface area (TPSA) is 96.1 Å². The summed E-state index contributed by atoms with van der Waals surface area (Å²) in [7, 11) is 0. The lowest BCUT2D eigenvalue weighted by Gasteiger charge is -2.35. The molecule has 100 valence electrons. The fourth-order valence-corrected chi connectivity index (χ4v) is 2.57. The standard InChI is InChI=1S/C12H21N5O/c1-9-3-2-5-12(18,7-9)8-15-10-4-6-14-11(16-10)17-13/h4,6,9,18H,2-3,5,7-8,13H2,1H3,(H2,14,15,16,17). The first kappa shape index (κ1) is 13.0. The van der Waals surface area contributed by atoms with Crippen molar-refractivity contribution in [2.24, 2.45) is 11.8 Å². The van der Waals surface area contributed by atoms with Crippen molar-refractivity contribution in [3.05, 3.63) is 12.3 Å². The van der Waals surface area contributed by atoms with Gasteiger partial charge in [0.2, 0.25) is 5.95 Å². The number of aliphatic hydroxyl groups is 1. The van der Waals surface area contributed by atoms with E-state index >= 15 is 0 Å². The summed E-state index contributed by atoms with van der Waals surface area (Å²) >= 11 is 0. The highest BCUT2D eigenvalue weighted by Crippen LogP contribution is 2.32. The second kappa shape index (κ2) is 5.49. The molecular formula is C12H21N5O. The first-order valence-corrected chi connectivity index (χ1v) is 6.37. The maximum Gasteiger partial charge on any atom is 0.239 e. The van der Waals surface area contributed by atoms with Crippen LogP contribution in [0.5, 0.6) is 0 Å². The molecule has 1 fully saturated rings. The van der Waals surface area contributed by atoms with Gasteiger partial charge in [-0.25, -0.2) is 10.8 Å². The van der Waals surface area contributed by atoms with Gasteiger partial charge in [0.25, 0.3) is 0 Å². The first-order valence-electron chi connectivity index (χ1n) is 6.37. The number of nitrogens with two attached hydrogens (primary N) is 1. The van der Waals surface area contributed by atoms with Crippen LogP contribution in [-0.2, 0) is 0 Å². The Morgan fingerprint density at radius 1 is 1.61 bits per heavy atom. The van der Waals surface area contributed by atoms with Crippen LogP contribution in [-0.4, -0.2) is 27.2 Å². The fraction of sp³-hybridized carbons (Fsp3) is 0.667. The van der Waals surface area contributed by atoms with E-state index in [1.165, 1.54) is 6.42 Å². The summed E-state index contributed by atoms with van der Waals surface area (Å²) in [6.45, 7) is 2.70. The van der Waals surface area contributed by atoms with Gasteiger partial charge in [-0.2, -0.15) is 4.98 Å². The van der Waals surface area contributed by atoms with Crippen LogP contribution in [0.4, 0.5) is 11.8 Å². The number of hydrazine groups is 1. The molecular weight excluding hydrogens is 230 g/mol. The molecule has 0 bridgehead atoms. The average molecular weight is 251 g/mol. The van der Waals surface area contributed by atoms with E-state index in [0.717, 1.165) is 19.3 Å². The van der Waals surface area contributed by atoms with Gasteiger partial charge in [-0.15, -0.1) is 0 Å². The lowest BCUT2D eigenvalue weighted by Crippen LogP contribution is -2.41.